The molecule has 0 aliphatic heterocycles. The first-order valence-electron chi connectivity index (χ1n) is 5.93. The van der Waals surface area contributed by atoms with E-state index >= 15 is 0 Å². The van der Waals surface area contributed by atoms with E-state index in [-0.39, 0.29) is 0 Å². The normalized spacial score (nSPS) is 9.95. The second kappa shape index (κ2) is 5.36. The third-order valence-corrected chi connectivity index (χ3v) is 2.90. The number of nitrogens with zero attached hydrogens (tertiary/aromatic N) is 3. The lowest BCUT2D eigenvalue weighted by molar-refractivity contribution is 1.06. The Kier molecular flexibility index (Phi) is 3.62. The zero-order valence-corrected chi connectivity index (χ0v) is 10.9. The van der Waals surface area contributed by atoms with Crippen molar-refractivity contribution in [2.45, 2.75) is 20.4 Å². The van der Waals surface area contributed by atoms with Crippen molar-refractivity contribution in [1.29, 1.82) is 5.26 Å². The fourth-order valence-corrected chi connectivity index (χ4v) is 1.88. The van der Waals surface area contributed by atoms with Gasteiger partial charge in [-0.15, -0.1) is 0 Å². The lowest BCUT2D eigenvalue weighted by Gasteiger charge is -2.10. The molecule has 0 spiro atoms. The van der Waals surface area contributed by atoms with Gasteiger partial charge in [0, 0.05) is 18.3 Å². The van der Waals surface area contributed by atoms with E-state index in [1.54, 1.807) is 6.20 Å². The standard InChI is InChI=1S/C14H15N5/c1-9-6-13(19-10(2)12(9)7-15)18-8-11-4-3-5-17-14(11)16/h3-6H,8H2,1-2H3,(H2,16,17)(H,18,19). The van der Waals surface area contributed by atoms with Gasteiger partial charge >= 0.3 is 0 Å². The first-order valence-corrected chi connectivity index (χ1v) is 5.93. The predicted octanol–water partition coefficient (Wildman–Crippen LogP) is 2.16. The SMILES string of the molecule is Cc1cc(NCc2cccnc2N)nc(C)c1C#N. The van der Waals surface area contributed by atoms with Crippen LogP contribution in [0.3, 0.4) is 0 Å². The number of nitriles is 1. The molecule has 96 valence electrons. The number of anilines is 2. The molecule has 0 atom stereocenters. The van der Waals surface area contributed by atoms with Crippen molar-refractivity contribution in [1.82, 2.24) is 9.97 Å². The molecule has 0 aromatic carbocycles. The minimum Gasteiger partial charge on any atom is -0.383 e. The first kappa shape index (κ1) is 12.8. The second-order valence-electron chi connectivity index (χ2n) is 4.30. The lowest BCUT2D eigenvalue weighted by Crippen LogP contribution is -2.06. The third-order valence-electron chi connectivity index (χ3n) is 2.90. The Hall–Kier alpha value is -2.61. The Bertz CT molecular complexity index is 620. The van der Waals surface area contributed by atoms with E-state index in [1.807, 2.05) is 32.0 Å². The van der Waals surface area contributed by atoms with Gasteiger partial charge in [-0.25, -0.2) is 9.97 Å². The zero-order valence-electron chi connectivity index (χ0n) is 10.9. The minimum atomic E-state index is 0.511. The number of rotatable bonds is 3. The van der Waals surface area contributed by atoms with Crippen molar-refractivity contribution in [2.24, 2.45) is 0 Å². The highest BCUT2D eigenvalue weighted by molar-refractivity contribution is 5.50. The van der Waals surface area contributed by atoms with Crippen LogP contribution >= 0.6 is 0 Å². The van der Waals surface area contributed by atoms with Crippen LogP contribution in [-0.2, 0) is 6.54 Å². The van der Waals surface area contributed by atoms with Crippen LogP contribution in [0.5, 0.6) is 0 Å². The maximum atomic E-state index is 9.00. The highest BCUT2D eigenvalue weighted by atomic mass is 15.0. The molecule has 5 nitrogen and oxygen atoms in total. The number of pyridine rings is 2. The average Bonchev–Trinajstić information content (AvgIpc) is 2.37. The lowest BCUT2D eigenvalue weighted by atomic mass is 10.1. The number of aryl methyl sites for hydroxylation is 2. The van der Waals surface area contributed by atoms with Crippen molar-refractivity contribution >= 4 is 11.6 Å². The molecule has 0 aliphatic carbocycles. The van der Waals surface area contributed by atoms with Crippen molar-refractivity contribution < 1.29 is 0 Å². The Balaban J connectivity index is 2.17. The van der Waals surface area contributed by atoms with Gasteiger partial charge in [-0.3, -0.25) is 0 Å². The van der Waals surface area contributed by atoms with Gasteiger partial charge in [0.2, 0.25) is 0 Å². The van der Waals surface area contributed by atoms with Gasteiger partial charge in [0.15, 0.2) is 0 Å². The summed E-state index contributed by atoms with van der Waals surface area (Å²) in [5.41, 5.74) is 8.97. The largest absolute Gasteiger partial charge is 0.383 e. The zero-order chi connectivity index (χ0) is 13.8. The topological polar surface area (TPSA) is 87.6 Å². The van der Waals surface area contributed by atoms with Crippen LogP contribution in [0.4, 0.5) is 11.6 Å². The van der Waals surface area contributed by atoms with Gasteiger partial charge in [-0.05, 0) is 31.5 Å². The summed E-state index contributed by atoms with van der Waals surface area (Å²) in [5.74, 6) is 1.24. The Labute approximate surface area is 112 Å². The van der Waals surface area contributed by atoms with Gasteiger partial charge in [0.25, 0.3) is 0 Å². The Morgan fingerprint density at radius 3 is 2.84 bits per heavy atom. The van der Waals surface area contributed by atoms with Crippen molar-refractivity contribution in [2.75, 3.05) is 11.1 Å². The van der Waals surface area contributed by atoms with E-state index in [9.17, 15) is 0 Å². The maximum absolute atomic E-state index is 9.00. The van der Waals surface area contributed by atoms with E-state index in [1.165, 1.54) is 0 Å². The van der Waals surface area contributed by atoms with E-state index in [4.69, 9.17) is 11.0 Å². The fourth-order valence-electron chi connectivity index (χ4n) is 1.88. The quantitative estimate of drug-likeness (QED) is 0.875. The summed E-state index contributed by atoms with van der Waals surface area (Å²) in [6.07, 6.45) is 1.66. The van der Waals surface area contributed by atoms with Gasteiger partial charge < -0.3 is 11.1 Å². The number of nitrogens with two attached hydrogens (primary N) is 1. The maximum Gasteiger partial charge on any atom is 0.128 e. The monoisotopic (exact) mass is 253 g/mol. The van der Waals surface area contributed by atoms with Crippen LogP contribution in [0.2, 0.25) is 0 Å². The van der Waals surface area contributed by atoms with Gasteiger partial charge in [-0.2, -0.15) is 5.26 Å². The minimum absolute atomic E-state index is 0.511. The summed E-state index contributed by atoms with van der Waals surface area (Å²) >= 11 is 0. The number of nitrogens with one attached hydrogen (secondary N) is 1. The molecule has 2 aromatic heterocycles. The molecular weight excluding hydrogens is 238 g/mol. The molecule has 0 saturated heterocycles. The number of nitrogen functional groups attached to an aromatic ring is 1. The second-order valence-corrected chi connectivity index (χ2v) is 4.30. The fraction of sp³-hybridized carbons (Fsp3) is 0.214. The Morgan fingerprint density at radius 1 is 1.42 bits per heavy atom. The average molecular weight is 253 g/mol. The summed E-state index contributed by atoms with van der Waals surface area (Å²) in [4.78, 5) is 8.38. The molecule has 0 saturated carbocycles. The molecule has 0 bridgehead atoms. The van der Waals surface area contributed by atoms with Crippen LogP contribution in [0, 0.1) is 25.2 Å². The third kappa shape index (κ3) is 2.80. The summed E-state index contributed by atoms with van der Waals surface area (Å²) in [6.45, 7) is 4.28. The van der Waals surface area contributed by atoms with Gasteiger partial charge in [-0.1, -0.05) is 6.07 Å². The smallest absolute Gasteiger partial charge is 0.128 e. The van der Waals surface area contributed by atoms with Crippen molar-refractivity contribution in [3.63, 3.8) is 0 Å². The number of hydrogen-bond acceptors (Lipinski definition) is 5. The number of aromatic nitrogens is 2. The molecule has 0 radical (unpaired) electrons. The highest BCUT2D eigenvalue weighted by Gasteiger charge is 2.06. The Morgan fingerprint density at radius 2 is 2.21 bits per heavy atom. The van der Waals surface area contributed by atoms with E-state index in [0.29, 0.717) is 17.9 Å². The summed E-state index contributed by atoms with van der Waals surface area (Å²) in [6, 6.07) is 7.77. The first-order chi connectivity index (χ1) is 9.11. The van der Waals surface area contributed by atoms with E-state index in [0.717, 1.165) is 22.6 Å². The van der Waals surface area contributed by atoms with Crippen molar-refractivity contribution in [3.8, 4) is 6.07 Å². The molecule has 0 amide bonds. The van der Waals surface area contributed by atoms with Crippen LogP contribution < -0.4 is 11.1 Å². The number of hydrogen-bond donors (Lipinski definition) is 2. The van der Waals surface area contributed by atoms with Gasteiger partial charge in [0.1, 0.15) is 17.7 Å². The summed E-state index contributed by atoms with van der Waals surface area (Å²) < 4.78 is 0. The molecule has 0 unspecified atom stereocenters. The molecule has 0 fully saturated rings. The molecule has 2 rings (SSSR count). The highest BCUT2D eigenvalue weighted by Crippen LogP contribution is 2.16. The molecule has 3 N–H and O–H groups in total. The van der Waals surface area contributed by atoms with Crippen molar-refractivity contribution in [3.05, 3.63) is 46.8 Å². The molecule has 19 heavy (non-hydrogen) atoms. The van der Waals surface area contributed by atoms with Crippen LogP contribution in [0.15, 0.2) is 24.4 Å². The summed E-state index contributed by atoms with van der Waals surface area (Å²) in [5, 5.41) is 12.2. The van der Waals surface area contributed by atoms with Gasteiger partial charge in [0.05, 0.1) is 11.3 Å². The summed E-state index contributed by atoms with van der Waals surface area (Å²) in [7, 11) is 0. The molecule has 0 aliphatic rings. The van der Waals surface area contributed by atoms with E-state index < -0.39 is 0 Å². The van der Waals surface area contributed by atoms with Crippen LogP contribution in [0.25, 0.3) is 0 Å². The molecule has 2 aromatic rings. The molecule has 2 heterocycles. The molecule has 5 heteroatoms. The molecular formula is C14H15N5. The predicted molar refractivity (Wildman–Crippen MR) is 74.4 cm³/mol. The van der Waals surface area contributed by atoms with Crippen LogP contribution in [0.1, 0.15) is 22.4 Å². The van der Waals surface area contributed by atoms with E-state index in [2.05, 4.69) is 21.4 Å². The van der Waals surface area contributed by atoms with Crippen LogP contribution in [-0.4, -0.2) is 9.97 Å².